The summed E-state index contributed by atoms with van der Waals surface area (Å²) < 4.78 is 0.822. The third-order valence-corrected chi connectivity index (χ3v) is 2.51. The van der Waals surface area contributed by atoms with Crippen molar-refractivity contribution in [2.24, 2.45) is 0 Å². The minimum Gasteiger partial charge on any atom is -0.383 e. The lowest BCUT2D eigenvalue weighted by atomic mass is 10.1. The molecule has 0 atom stereocenters. The van der Waals surface area contributed by atoms with E-state index in [9.17, 15) is 4.79 Å². The monoisotopic (exact) mass is 277 g/mol. The smallest absolute Gasteiger partial charge is 0.215 e. The van der Waals surface area contributed by atoms with Crippen LogP contribution in [-0.4, -0.2) is 15.8 Å². The van der Waals surface area contributed by atoms with Gasteiger partial charge >= 0.3 is 0 Å². The van der Waals surface area contributed by atoms with Crippen molar-refractivity contribution in [2.75, 3.05) is 5.73 Å². The van der Waals surface area contributed by atoms with Gasteiger partial charge in [0, 0.05) is 16.9 Å². The average Bonchev–Trinajstić information content (AvgIpc) is 2.30. The molecule has 2 rings (SSSR count). The van der Waals surface area contributed by atoms with E-state index in [-0.39, 0.29) is 11.6 Å². The fraction of sp³-hybridized carbons (Fsp3) is 0. The SMILES string of the molecule is Nc1ncccc1C(=O)c1ccc(Br)cn1. The number of rotatable bonds is 2. The number of aromatic nitrogens is 2. The van der Waals surface area contributed by atoms with E-state index in [2.05, 4.69) is 25.9 Å². The average molecular weight is 278 g/mol. The van der Waals surface area contributed by atoms with E-state index in [0.29, 0.717) is 11.3 Å². The lowest BCUT2D eigenvalue weighted by Crippen LogP contribution is -2.08. The Morgan fingerprint density at radius 1 is 1.25 bits per heavy atom. The van der Waals surface area contributed by atoms with Crippen molar-refractivity contribution in [2.45, 2.75) is 0 Å². The molecule has 5 heteroatoms. The number of carbonyl (C=O) groups is 1. The number of halogens is 1. The zero-order chi connectivity index (χ0) is 11.5. The number of hydrogen-bond acceptors (Lipinski definition) is 4. The Kier molecular flexibility index (Phi) is 2.96. The molecule has 2 aromatic rings. The van der Waals surface area contributed by atoms with E-state index in [4.69, 9.17) is 5.73 Å². The molecule has 0 fully saturated rings. The zero-order valence-corrected chi connectivity index (χ0v) is 9.81. The van der Waals surface area contributed by atoms with Crippen LogP contribution in [-0.2, 0) is 0 Å². The van der Waals surface area contributed by atoms with Gasteiger partial charge in [0.1, 0.15) is 11.5 Å². The van der Waals surface area contributed by atoms with Gasteiger partial charge in [-0.15, -0.1) is 0 Å². The predicted molar refractivity (Wildman–Crippen MR) is 64.0 cm³/mol. The van der Waals surface area contributed by atoms with Crippen LogP contribution in [0.4, 0.5) is 5.82 Å². The molecule has 80 valence electrons. The Morgan fingerprint density at radius 2 is 2.06 bits per heavy atom. The molecule has 0 aliphatic carbocycles. The summed E-state index contributed by atoms with van der Waals surface area (Å²) in [5, 5.41) is 0. The van der Waals surface area contributed by atoms with Crippen LogP contribution in [0.1, 0.15) is 16.1 Å². The van der Waals surface area contributed by atoms with Crippen molar-refractivity contribution >= 4 is 27.5 Å². The maximum absolute atomic E-state index is 12.0. The van der Waals surface area contributed by atoms with E-state index >= 15 is 0 Å². The van der Waals surface area contributed by atoms with Gasteiger partial charge in [-0.3, -0.25) is 9.78 Å². The van der Waals surface area contributed by atoms with Gasteiger partial charge in [0.05, 0.1) is 5.56 Å². The van der Waals surface area contributed by atoms with E-state index in [1.165, 1.54) is 0 Å². The highest BCUT2D eigenvalue weighted by Gasteiger charge is 2.13. The van der Waals surface area contributed by atoms with Crippen molar-refractivity contribution in [1.82, 2.24) is 9.97 Å². The summed E-state index contributed by atoms with van der Waals surface area (Å²) in [7, 11) is 0. The van der Waals surface area contributed by atoms with Gasteiger partial charge in [0.2, 0.25) is 5.78 Å². The number of ketones is 1. The fourth-order valence-electron chi connectivity index (χ4n) is 1.26. The van der Waals surface area contributed by atoms with Crippen LogP contribution < -0.4 is 5.73 Å². The number of nitrogen functional groups attached to an aromatic ring is 1. The lowest BCUT2D eigenvalue weighted by Gasteiger charge is -2.02. The number of nitrogens with two attached hydrogens (primary N) is 1. The Morgan fingerprint density at radius 3 is 2.69 bits per heavy atom. The highest BCUT2D eigenvalue weighted by molar-refractivity contribution is 9.10. The Hall–Kier alpha value is -1.75. The third kappa shape index (κ3) is 2.09. The van der Waals surface area contributed by atoms with Crippen molar-refractivity contribution in [3.63, 3.8) is 0 Å². The highest BCUT2D eigenvalue weighted by Crippen LogP contribution is 2.14. The number of nitrogens with zero attached hydrogens (tertiary/aromatic N) is 2. The van der Waals surface area contributed by atoms with Gasteiger partial charge in [-0.1, -0.05) is 0 Å². The highest BCUT2D eigenvalue weighted by atomic mass is 79.9. The van der Waals surface area contributed by atoms with E-state index in [1.807, 2.05) is 0 Å². The molecular formula is C11H8BrN3O. The Balaban J connectivity index is 2.40. The molecule has 4 nitrogen and oxygen atoms in total. The quantitative estimate of drug-likeness (QED) is 0.853. The molecule has 0 radical (unpaired) electrons. The van der Waals surface area contributed by atoms with Crippen LogP contribution in [0.5, 0.6) is 0 Å². The molecule has 0 amide bonds. The molecular weight excluding hydrogens is 270 g/mol. The Bertz CT molecular complexity index is 525. The lowest BCUT2D eigenvalue weighted by molar-refractivity contribution is 0.103. The van der Waals surface area contributed by atoms with Gasteiger partial charge in [0.15, 0.2) is 0 Å². The van der Waals surface area contributed by atoms with Crippen LogP contribution in [0.3, 0.4) is 0 Å². The summed E-state index contributed by atoms with van der Waals surface area (Å²) in [6.45, 7) is 0. The van der Waals surface area contributed by atoms with Crippen LogP contribution in [0.2, 0.25) is 0 Å². The standard InChI is InChI=1S/C11H8BrN3O/c12-7-3-4-9(15-6-7)10(16)8-2-1-5-14-11(8)13/h1-6H,(H2,13,14). The number of carbonyl (C=O) groups excluding carboxylic acids is 1. The van der Waals surface area contributed by atoms with Gasteiger partial charge in [-0.05, 0) is 40.2 Å². The molecule has 0 aliphatic heterocycles. The maximum Gasteiger partial charge on any atom is 0.215 e. The summed E-state index contributed by atoms with van der Waals surface area (Å²) in [4.78, 5) is 19.9. The largest absolute Gasteiger partial charge is 0.383 e. The molecule has 0 aromatic carbocycles. The molecule has 0 saturated heterocycles. The number of anilines is 1. The normalized spacial score (nSPS) is 10.1. The van der Waals surface area contributed by atoms with E-state index in [0.717, 1.165) is 4.47 Å². The predicted octanol–water partition coefficient (Wildman–Crippen LogP) is 2.05. The van der Waals surface area contributed by atoms with Gasteiger partial charge < -0.3 is 5.73 Å². The molecule has 2 N–H and O–H groups in total. The first kappa shape index (κ1) is 10.8. The summed E-state index contributed by atoms with van der Waals surface area (Å²) in [5.41, 5.74) is 6.34. The summed E-state index contributed by atoms with van der Waals surface area (Å²) in [6.07, 6.45) is 3.11. The van der Waals surface area contributed by atoms with Crippen LogP contribution in [0.15, 0.2) is 41.1 Å². The first-order chi connectivity index (χ1) is 7.68. The third-order valence-electron chi connectivity index (χ3n) is 2.04. The second-order valence-corrected chi connectivity index (χ2v) is 4.04. The van der Waals surface area contributed by atoms with Gasteiger partial charge in [0.25, 0.3) is 0 Å². The van der Waals surface area contributed by atoms with Crippen LogP contribution in [0.25, 0.3) is 0 Å². The van der Waals surface area contributed by atoms with E-state index in [1.54, 1.807) is 36.7 Å². The molecule has 0 bridgehead atoms. The van der Waals surface area contributed by atoms with Crippen molar-refractivity contribution in [3.8, 4) is 0 Å². The second kappa shape index (κ2) is 4.40. The molecule has 0 spiro atoms. The van der Waals surface area contributed by atoms with Gasteiger partial charge in [-0.25, -0.2) is 4.98 Å². The fourth-order valence-corrected chi connectivity index (χ4v) is 1.49. The number of pyridine rings is 2. The molecule has 0 saturated carbocycles. The summed E-state index contributed by atoms with van der Waals surface area (Å²) in [6, 6.07) is 6.70. The Labute approximate surface area is 101 Å². The van der Waals surface area contributed by atoms with Crippen LogP contribution >= 0.6 is 15.9 Å². The topological polar surface area (TPSA) is 68.9 Å². The van der Waals surface area contributed by atoms with Crippen LogP contribution in [0, 0.1) is 0 Å². The zero-order valence-electron chi connectivity index (χ0n) is 8.22. The van der Waals surface area contributed by atoms with Crippen molar-refractivity contribution < 1.29 is 4.79 Å². The molecule has 2 heterocycles. The summed E-state index contributed by atoms with van der Waals surface area (Å²) >= 11 is 3.25. The van der Waals surface area contributed by atoms with Crippen molar-refractivity contribution in [1.29, 1.82) is 0 Å². The maximum atomic E-state index is 12.0. The first-order valence-corrected chi connectivity index (χ1v) is 5.34. The molecule has 16 heavy (non-hydrogen) atoms. The minimum absolute atomic E-state index is 0.220. The molecule has 0 aliphatic rings. The molecule has 2 aromatic heterocycles. The molecule has 0 unspecified atom stereocenters. The van der Waals surface area contributed by atoms with Gasteiger partial charge in [-0.2, -0.15) is 0 Å². The summed E-state index contributed by atoms with van der Waals surface area (Å²) in [5.74, 6) is -0.00433. The van der Waals surface area contributed by atoms with E-state index < -0.39 is 0 Å². The minimum atomic E-state index is -0.224. The second-order valence-electron chi connectivity index (χ2n) is 3.13. The number of hydrogen-bond donors (Lipinski definition) is 1. The van der Waals surface area contributed by atoms with Crippen molar-refractivity contribution in [3.05, 3.63) is 52.4 Å². The first-order valence-electron chi connectivity index (χ1n) is 4.55.